The van der Waals surface area contributed by atoms with Crippen molar-refractivity contribution in [3.8, 4) is 0 Å². The molecule has 128 valence electrons. The molecule has 0 aromatic heterocycles. The molecule has 0 radical (unpaired) electrons. The van der Waals surface area contributed by atoms with Gasteiger partial charge in [0.15, 0.2) is 0 Å². The Morgan fingerprint density at radius 2 is 1.96 bits per heavy atom. The van der Waals surface area contributed by atoms with Crippen molar-refractivity contribution in [2.24, 2.45) is 11.8 Å². The third kappa shape index (κ3) is 5.65. The second-order valence-corrected chi connectivity index (χ2v) is 7.80. The van der Waals surface area contributed by atoms with Crippen molar-refractivity contribution in [2.75, 3.05) is 13.1 Å². The lowest BCUT2D eigenvalue weighted by Gasteiger charge is -2.31. The van der Waals surface area contributed by atoms with E-state index in [9.17, 15) is 4.79 Å². The van der Waals surface area contributed by atoms with Gasteiger partial charge in [-0.1, -0.05) is 31.2 Å². The van der Waals surface area contributed by atoms with Crippen molar-refractivity contribution in [2.45, 2.75) is 58.9 Å². The summed E-state index contributed by atoms with van der Waals surface area (Å²) in [5, 5.41) is 6.64. The average molecular weight is 316 g/mol. The Kier molecular flexibility index (Phi) is 6.23. The van der Waals surface area contributed by atoms with Crippen LogP contribution in [0.5, 0.6) is 0 Å². The Bertz CT molecular complexity index is 518. The first-order valence-corrected chi connectivity index (χ1v) is 8.93. The van der Waals surface area contributed by atoms with E-state index in [0.717, 1.165) is 19.5 Å². The number of carbonyl (C=O) groups is 1. The molecule has 1 heterocycles. The first kappa shape index (κ1) is 18.0. The molecular formula is C20H32N2O. The van der Waals surface area contributed by atoms with Crippen LogP contribution < -0.4 is 10.6 Å². The molecule has 1 saturated heterocycles. The lowest BCUT2D eigenvalue weighted by molar-refractivity contribution is -0.123. The maximum absolute atomic E-state index is 12.5. The summed E-state index contributed by atoms with van der Waals surface area (Å²) in [6.45, 7) is 10.8. The Morgan fingerprint density at radius 1 is 1.30 bits per heavy atom. The minimum absolute atomic E-state index is 0.189. The van der Waals surface area contributed by atoms with Crippen molar-refractivity contribution >= 4 is 5.91 Å². The summed E-state index contributed by atoms with van der Waals surface area (Å²) in [6, 6.07) is 8.41. The highest BCUT2D eigenvalue weighted by Gasteiger charge is 2.26. The summed E-state index contributed by atoms with van der Waals surface area (Å²) in [7, 11) is 0. The molecule has 0 saturated carbocycles. The standard InChI is InChI=1S/C20H32N2O/c1-15-7-5-6-8-18(15)14-20(3,4)22-19(23)13-16(2)17-9-11-21-12-10-17/h5-8,16-17,21H,9-14H2,1-4H3,(H,22,23). The van der Waals surface area contributed by atoms with Crippen LogP contribution in [0.15, 0.2) is 24.3 Å². The molecule has 1 aromatic carbocycles. The predicted molar refractivity (Wildman–Crippen MR) is 96.5 cm³/mol. The van der Waals surface area contributed by atoms with Gasteiger partial charge in [0.05, 0.1) is 0 Å². The van der Waals surface area contributed by atoms with Gasteiger partial charge < -0.3 is 10.6 Å². The maximum Gasteiger partial charge on any atom is 0.220 e. The second-order valence-electron chi connectivity index (χ2n) is 7.80. The fourth-order valence-electron chi connectivity index (χ4n) is 3.63. The van der Waals surface area contributed by atoms with Crippen molar-refractivity contribution < 1.29 is 4.79 Å². The lowest BCUT2D eigenvalue weighted by atomic mass is 9.83. The van der Waals surface area contributed by atoms with Crippen molar-refractivity contribution in [1.29, 1.82) is 0 Å². The monoisotopic (exact) mass is 316 g/mol. The maximum atomic E-state index is 12.5. The van der Waals surface area contributed by atoms with Gasteiger partial charge in [-0.05, 0) is 76.1 Å². The summed E-state index contributed by atoms with van der Waals surface area (Å²) >= 11 is 0. The summed E-state index contributed by atoms with van der Waals surface area (Å²) in [5.41, 5.74) is 2.39. The molecule has 2 N–H and O–H groups in total. The van der Waals surface area contributed by atoms with Gasteiger partial charge in [0, 0.05) is 12.0 Å². The Hall–Kier alpha value is -1.35. The van der Waals surface area contributed by atoms with Crippen LogP contribution in [-0.2, 0) is 11.2 Å². The Labute approximate surface area is 141 Å². The van der Waals surface area contributed by atoms with Crippen LogP contribution in [0.2, 0.25) is 0 Å². The van der Waals surface area contributed by atoms with Crippen LogP contribution >= 0.6 is 0 Å². The van der Waals surface area contributed by atoms with E-state index in [0.29, 0.717) is 18.3 Å². The van der Waals surface area contributed by atoms with Gasteiger partial charge in [0.1, 0.15) is 0 Å². The van der Waals surface area contributed by atoms with Gasteiger partial charge >= 0.3 is 0 Å². The zero-order valence-corrected chi connectivity index (χ0v) is 15.1. The third-order valence-electron chi connectivity index (χ3n) is 5.07. The third-order valence-corrected chi connectivity index (χ3v) is 5.07. The van der Waals surface area contributed by atoms with E-state index >= 15 is 0 Å². The molecule has 1 aromatic rings. The van der Waals surface area contributed by atoms with Crippen LogP contribution in [0.3, 0.4) is 0 Å². The number of nitrogens with one attached hydrogen (secondary N) is 2. The number of piperidine rings is 1. The van der Waals surface area contributed by atoms with Crippen LogP contribution in [-0.4, -0.2) is 24.5 Å². The van der Waals surface area contributed by atoms with E-state index in [4.69, 9.17) is 0 Å². The zero-order chi connectivity index (χ0) is 16.9. The Balaban J connectivity index is 1.86. The minimum Gasteiger partial charge on any atom is -0.351 e. The first-order chi connectivity index (χ1) is 10.9. The van der Waals surface area contributed by atoms with Crippen LogP contribution in [0.25, 0.3) is 0 Å². The predicted octanol–water partition coefficient (Wildman–Crippen LogP) is 3.46. The van der Waals surface area contributed by atoms with Crippen molar-refractivity contribution in [1.82, 2.24) is 10.6 Å². The first-order valence-electron chi connectivity index (χ1n) is 8.93. The molecule has 3 nitrogen and oxygen atoms in total. The van der Waals surface area contributed by atoms with E-state index < -0.39 is 0 Å². The van der Waals surface area contributed by atoms with E-state index in [1.807, 2.05) is 0 Å². The van der Waals surface area contributed by atoms with Gasteiger partial charge in [-0.2, -0.15) is 0 Å². The van der Waals surface area contributed by atoms with Gasteiger partial charge in [-0.25, -0.2) is 0 Å². The molecule has 0 bridgehead atoms. The largest absolute Gasteiger partial charge is 0.351 e. The molecule has 23 heavy (non-hydrogen) atoms. The van der Waals surface area contributed by atoms with Crippen LogP contribution in [0.4, 0.5) is 0 Å². The topological polar surface area (TPSA) is 41.1 Å². The summed E-state index contributed by atoms with van der Waals surface area (Å²) in [5.74, 6) is 1.34. The molecule has 1 aliphatic heterocycles. The molecule has 1 aliphatic rings. The average Bonchev–Trinajstić information content (AvgIpc) is 2.49. The fourth-order valence-corrected chi connectivity index (χ4v) is 3.63. The fraction of sp³-hybridized carbons (Fsp3) is 0.650. The van der Waals surface area contributed by atoms with Gasteiger partial charge in [-0.15, -0.1) is 0 Å². The van der Waals surface area contributed by atoms with Gasteiger partial charge in [0.25, 0.3) is 0 Å². The second kappa shape index (κ2) is 7.96. The zero-order valence-electron chi connectivity index (χ0n) is 15.1. The van der Waals surface area contributed by atoms with Crippen LogP contribution in [0, 0.1) is 18.8 Å². The highest BCUT2D eigenvalue weighted by Crippen LogP contribution is 2.25. The summed E-state index contributed by atoms with van der Waals surface area (Å²) in [6.07, 6.45) is 3.90. The van der Waals surface area contributed by atoms with Crippen molar-refractivity contribution in [3.05, 3.63) is 35.4 Å². The number of carbonyl (C=O) groups excluding carboxylic acids is 1. The van der Waals surface area contributed by atoms with E-state index in [1.165, 1.54) is 24.0 Å². The quantitative estimate of drug-likeness (QED) is 0.844. The highest BCUT2D eigenvalue weighted by molar-refractivity contribution is 5.77. The summed E-state index contributed by atoms with van der Waals surface area (Å²) < 4.78 is 0. The van der Waals surface area contributed by atoms with E-state index in [1.54, 1.807) is 0 Å². The molecule has 2 rings (SSSR count). The SMILES string of the molecule is Cc1ccccc1CC(C)(C)NC(=O)CC(C)C1CCNCC1. The highest BCUT2D eigenvalue weighted by atomic mass is 16.1. The van der Waals surface area contributed by atoms with Gasteiger partial charge in [0.2, 0.25) is 5.91 Å². The molecule has 1 atom stereocenters. The molecule has 1 unspecified atom stereocenters. The molecule has 1 amide bonds. The minimum atomic E-state index is -0.211. The number of amides is 1. The summed E-state index contributed by atoms with van der Waals surface area (Å²) in [4.78, 5) is 12.5. The number of rotatable bonds is 6. The van der Waals surface area contributed by atoms with E-state index in [-0.39, 0.29) is 11.4 Å². The molecular weight excluding hydrogens is 284 g/mol. The molecule has 0 spiro atoms. The van der Waals surface area contributed by atoms with Crippen LogP contribution in [0.1, 0.15) is 51.2 Å². The lowest BCUT2D eigenvalue weighted by Crippen LogP contribution is -2.46. The Morgan fingerprint density at radius 3 is 2.61 bits per heavy atom. The van der Waals surface area contributed by atoms with Gasteiger partial charge in [-0.3, -0.25) is 4.79 Å². The molecule has 1 fully saturated rings. The number of aryl methyl sites for hydroxylation is 1. The number of benzene rings is 1. The normalized spacial score (nSPS) is 17.7. The number of hydrogen-bond acceptors (Lipinski definition) is 2. The molecule has 0 aliphatic carbocycles. The smallest absolute Gasteiger partial charge is 0.220 e. The van der Waals surface area contributed by atoms with Crippen molar-refractivity contribution in [3.63, 3.8) is 0 Å². The number of hydrogen-bond donors (Lipinski definition) is 2. The van der Waals surface area contributed by atoms with E-state index in [2.05, 4.69) is 62.6 Å². The molecule has 3 heteroatoms.